The third-order valence-corrected chi connectivity index (χ3v) is 4.54. The highest BCUT2D eigenvalue weighted by molar-refractivity contribution is 5.79. The van der Waals surface area contributed by atoms with Crippen molar-refractivity contribution < 1.29 is 9.32 Å². The fourth-order valence-corrected chi connectivity index (χ4v) is 3.25. The summed E-state index contributed by atoms with van der Waals surface area (Å²) >= 11 is 0. The summed E-state index contributed by atoms with van der Waals surface area (Å²) in [7, 11) is 0. The van der Waals surface area contributed by atoms with E-state index < -0.39 is 0 Å². The number of piperidine rings is 1. The number of benzene rings is 1. The number of hydrogen-bond donors (Lipinski definition) is 0. The van der Waals surface area contributed by atoms with Crippen LogP contribution < -0.4 is 0 Å². The van der Waals surface area contributed by atoms with Crippen molar-refractivity contribution in [2.45, 2.75) is 31.7 Å². The summed E-state index contributed by atoms with van der Waals surface area (Å²) in [6.45, 7) is 0.708. The third kappa shape index (κ3) is 3.46. The van der Waals surface area contributed by atoms with Crippen molar-refractivity contribution in [1.29, 1.82) is 0 Å². The van der Waals surface area contributed by atoms with Gasteiger partial charge in [-0.1, -0.05) is 35.5 Å². The highest BCUT2D eigenvalue weighted by Crippen LogP contribution is 2.31. The molecule has 1 aliphatic rings. The summed E-state index contributed by atoms with van der Waals surface area (Å²) < 4.78 is 5.47. The van der Waals surface area contributed by atoms with Gasteiger partial charge >= 0.3 is 0 Å². The summed E-state index contributed by atoms with van der Waals surface area (Å²) in [5, 5.41) is 4.01. The molecule has 0 bridgehead atoms. The Morgan fingerprint density at radius 2 is 2.08 bits per heavy atom. The first-order valence-electron chi connectivity index (χ1n) is 8.74. The second-order valence-corrected chi connectivity index (χ2v) is 6.31. The maximum atomic E-state index is 12.8. The van der Waals surface area contributed by atoms with Crippen molar-refractivity contribution in [3.8, 4) is 11.5 Å². The molecule has 0 radical (unpaired) electrons. The van der Waals surface area contributed by atoms with Crippen molar-refractivity contribution in [1.82, 2.24) is 25.0 Å². The molecule has 3 heterocycles. The van der Waals surface area contributed by atoms with Crippen molar-refractivity contribution in [2.24, 2.45) is 0 Å². The smallest absolute Gasteiger partial charge is 0.249 e. The van der Waals surface area contributed by atoms with E-state index in [4.69, 9.17) is 4.52 Å². The van der Waals surface area contributed by atoms with Crippen molar-refractivity contribution in [3.63, 3.8) is 0 Å². The number of carbonyl (C=O) groups is 1. The number of rotatable bonds is 4. The first-order chi connectivity index (χ1) is 12.8. The summed E-state index contributed by atoms with van der Waals surface area (Å²) in [5.41, 5.74) is 1.56. The third-order valence-electron chi connectivity index (χ3n) is 4.54. The topological polar surface area (TPSA) is 85.0 Å². The number of hydrogen-bond acceptors (Lipinski definition) is 6. The summed E-state index contributed by atoms with van der Waals surface area (Å²) in [4.78, 5) is 27.4. The molecule has 132 valence electrons. The van der Waals surface area contributed by atoms with Crippen LogP contribution in [-0.4, -0.2) is 37.5 Å². The van der Waals surface area contributed by atoms with Crippen molar-refractivity contribution in [3.05, 3.63) is 60.4 Å². The predicted octanol–water partition coefficient (Wildman–Crippen LogP) is 2.82. The van der Waals surface area contributed by atoms with Gasteiger partial charge in [0.05, 0.1) is 12.6 Å². The van der Waals surface area contributed by atoms with E-state index in [2.05, 4.69) is 20.1 Å². The van der Waals surface area contributed by atoms with Crippen LogP contribution in [0.3, 0.4) is 0 Å². The molecule has 0 unspecified atom stereocenters. The SMILES string of the molecule is O=C(Cc1ccccc1)N1CCCC[C@@H]1c1nc(-c2cnccn2)no1. The van der Waals surface area contributed by atoms with E-state index >= 15 is 0 Å². The van der Waals surface area contributed by atoms with Gasteiger partial charge in [-0.05, 0) is 24.8 Å². The maximum Gasteiger partial charge on any atom is 0.249 e. The molecule has 4 rings (SSSR count). The largest absolute Gasteiger partial charge is 0.337 e. The van der Waals surface area contributed by atoms with Gasteiger partial charge in [-0.3, -0.25) is 9.78 Å². The zero-order valence-electron chi connectivity index (χ0n) is 14.3. The minimum Gasteiger partial charge on any atom is -0.337 e. The molecule has 1 atom stereocenters. The standard InChI is InChI=1S/C19H19N5O2/c25-17(12-14-6-2-1-3-7-14)24-11-5-4-8-16(24)19-22-18(23-26-19)15-13-20-9-10-21-15/h1-3,6-7,9-10,13,16H,4-5,8,11-12H2/t16-/m1/s1. The molecule has 1 aliphatic heterocycles. The van der Waals surface area contributed by atoms with Crippen LogP contribution in [0, 0.1) is 0 Å². The van der Waals surface area contributed by atoms with Gasteiger partial charge in [0.1, 0.15) is 11.7 Å². The Labute approximate surface area is 151 Å². The Bertz CT molecular complexity index is 866. The van der Waals surface area contributed by atoms with E-state index in [0.717, 1.165) is 24.8 Å². The molecule has 0 N–H and O–H groups in total. The molecular weight excluding hydrogens is 330 g/mol. The summed E-state index contributed by atoms with van der Waals surface area (Å²) in [6, 6.07) is 9.59. The second kappa shape index (κ2) is 7.43. The quantitative estimate of drug-likeness (QED) is 0.720. The first-order valence-corrected chi connectivity index (χ1v) is 8.74. The monoisotopic (exact) mass is 349 g/mol. The molecule has 7 nitrogen and oxygen atoms in total. The molecule has 1 fully saturated rings. The number of likely N-dealkylation sites (tertiary alicyclic amines) is 1. The van der Waals surface area contributed by atoms with E-state index in [1.165, 1.54) is 0 Å². The molecule has 1 aromatic carbocycles. The van der Waals surface area contributed by atoms with Gasteiger partial charge in [-0.25, -0.2) is 4.98 Å². The lowest BCUT2D eigenvalue weighted by atomic mass is 10.0. The van der Waals surface area contributed by atoms with Gasteiger partial charge < -0.3 is 9.42 Å². The predicted molar refractivity (Wildman–Crippen MR) is 93.8 cm³/mol. The van der Waals surface area contributed by atoms with E-state index in [0.29, 0.717) is 30.4 Å². The van der Waals surface area contributed by atoms with Crippen LogP contribution in [-0.2, 0) is 11.2 Å². The zero-order chi connectivity index (χ0) is 17.8. The van der Waals surface area contributed by atoms with E-state index in [1.807, 2.05) is 35.2 Å². The van der Waals surface area contributed by atoms with Gasteiger partial charge in [0.2, 0.25) is 17.6 Å². The second-order valence-electron chi connectivity index (χ2n) is 6.31. The van der Waals surface area contributed by atoms with Crippen molar-refractivity contribution >= 4 is 5.91 Å². The van der Waals surface area contributed by atoms with Crippen LogP contribution in [0.25, 0.3) is 11.5 Å². The molecule has 1 amide bonds. The highest BCUT2D eigenvalue weighted by atomic mass is 16.5. The van der Waals surface area contributed by atoms with E-state index in [9.17, 15) is 4.79 Å². The lowest BCUT2D eigenvalue weighted by Gasteiger charge is -2.33. The van der Waals surface area contributed by atoms with Crippen LogP contribution in [0.5, 0.6) is 0 Å². The Hall–Kier alpha value is -3.09. The Morgan fingerprint density at radius 3 is 2.88 bits per heavy atom. The lowest BCUT2D eigenvalue weighted by Crippen LogP contribution is -2.39. The molecule has 2 aromatic heterocycles. The van der Waals surface area contributed by atoms with Crippen molar-refractivity contribution in [2.75, 3.05) is 6.54 Å². The summed E-state index contributed by atoms with van der Waals surface area (Å²) in [5.74, 6) is 0.945. The molecule has 1 saturated heterocycles. The molecule has 0 saturated carbocycles. The minimum atomic E-state index is -0.183. The average molecular weight is 349 g/mol. The number of carbonyl (C=O) groups excluding carboxylic acids is 1. The molecule has 0 aliphatic carbocycles. The molecule has 3 aromatic rings. The maximum absolute atomic E-state index is 12.8. The van der Waals surface area contributed by atoms with Gasteiger partial charge in [-0.2, -0.15) is 4.98 Å². The van der Waals surface area contributed by atoms with Crippen LogP contribution in [0.1, 0.15) is 36.8 Å². The lowest BCUT2D eigenvalue weighted by molar-refractivity contribution is -0.135. The highest BCUT2D eigenvalue weighted by Gasteiger charge is 2.32. The first kappa shape index (κ1) is 16.4. The van der Waals surface area contributed by atoms with Gasteiger partial charge in [0.25, 0.3) is 0 Å². The van der Waals surface area contributed by atoms with Crippen LogP contribution in [0.2, 0.25) is 0 Å². The number of amides is 1. The zero-order valence-corrected chi connectivity index (χ0v) is 14.3. The summed E-state index contributed by atoms with van der Waals surface area (Å²) in [6.07, 6.45) is 7.99. The van der Waals surface area contributed by atoms with E-state index in [-0.39, 0.29) is 11.9 Å². The number of nitrogens with zero attached hydrogens (tertiary/aromatic N) is 5. The fraction of sp³-hybridized carbons (Fsp3) is 0.316. The Balaban J connectivity index is 1.54. The Morgan fingerprint density at radius 1 is 1.19 bits per heavy atom. The molecule has 0 spiro atoms. The Kier molecular flexibility index (Phi) is 4.68. The van der Waals surface area contributed by atoms with E-state index in [1.54, 1.807) is 18.6 Å². The van der Waals surface area contributed by atoms with Gasteiger partial charge in [0.15, 0.2) is 0 Å². The van der Waals surface area contributed by atoms with Crippen LogP contribution in [0.4, 0.5) is 0 Å². The normalized spacial score (nSPS) is 17.2. The molecular formula is C19H19N5O2. The van der Waals surface area contributed by atoms with Crippen LogP contribution in [0.15, 0.2) is 53.4 Å². The fourth-order valence-electron chi connectivity index (χ4n) is 3.25. The number of aromatic nitrogens is 4. The van der Waals surface area contributed by atoms with Crippen LogP contribution >= 0.6 is 0 Å². The minimum absolute atomic E-state index is 0.0835. The molecule has 26 heavy (non-hydrogen) atoms. The van der Waals surface area contributed by atoms with Gasteiger partial charge in [-0.15, -0.1) is 0 Å². The average Bonchev–Trinajstić information content (AvgIpc) is 3.19. The molecule has 7 heteroatoms. The van der Waals surface area contributed by atoms with Gasteiger partial charge in [0, 0.05) is 18.9 Å².